The summed E-state index contributed by atoms with van der Waals surface area (Å²) in [5.74, 6) is 1.58. The molecule has 26 heavy (non-hydrogen) atoms. The van der Waals surface area contributed by atoms with Crippen LogP contribution in [0.1, 0.15) is 11.4 Å². The Morgan fingerprint density at radius 2 is 1.85 bits per heavy atom. The van der Waals surface area contributed by atoms with E-state index in [2.05, 4.69) is 24.7 Å². The Balaban J connectivity index is 1.50. The van der Waals surface area contributed by atoms with Crippen molar-refractivity contribution in [3.05, 3.63) is 35.7 Å². The lowest BCUT2D eigenvalue weighted by Gasteiger charge is -2.35. The lowest BCUT2D eigenvalue weighted by molar-refractivity contribution is -0.274. The first-order chi connectivity index (χ1) is 12.3. The van der Waals surface area contributed by atoms with Gasteiger partial charge in [-0.3, -0.25) is 4.90 Å². The van der Waals surface area contributed by atoms with Crippen molar-refractivity contribution in [2.75, 3.05) is 37.6 Å². The maximum absolute atomic E-state index is 12.3. The fraction of sp³-hybridized carbons (Fsp3) is 0.529. The van der Waals surface area contributed by atoms with Crippen LogP contribution in [0.25, 0.3) is 0 Å². The van der Waals surface area contributed by atoms with Crippen molar-refractivity contribution in [3.8, 4) is 5.75 Å². The molecule has 1 aromatic carbocycles. The Bertz CT molecular complexity index is 738. The molecular formula is C17H22F3N5O. The summed E-state index contributed by atoms with van der Waals surface area (Å²) < 4.78 is 42.9. The van der Waals surface area contributed by atoms with E-state index in [-0.39, 0.29) is 5.75 Å². The number of hydrogen-bond acceptors (Lipinski definition) is 5. The molecule has 2 aromatic rings. The van der Waals surface area contributed by atoms with E-state index in [1.807, 2.05) is 24.6 Å². The summed E-state index contributed by atoms with van der Waals surface area (Å²) in [7, 11) is 1.95. The van der Waals surface area contributed by atoms with E-state index in [4.69, 9.17) is 0 Å². The Morgan fingerprint density at radius 1 is 1.12 bits per heavy atom. The first-order valence-corrected chi connectivity index (χ1v) is 8.50. The number of halogens is 3. The molecule has 1 aliphatic rings. The van der Waals surface area contributed by atoms with Gasteiger partial charge in [0.25, 0.3) is 0 Å². The van der Waals surface area contributed by atoms with E-state index in [0.29, 0.717) is 6.42 Å². The van der Waals surface area contributed by atoms with E-state index in [1.54, 1.807) is 6.07 Å². The van der Waals surface area contributed by atoms with Crippen molar-refractivity contribution >= 4 is 5.95 Å². The van der Waals surface area contributed by atoms with Gasteiger partial charge in [0.1, 0.15) is 11.6 Å². The maximum atomic E-state index is 12.3. The predicted octanol–water partition coefficient (Wildman–Crippen LogP) is 2.39. The second-order valence-corrected chi connectivity index (χ2v) is 6.38. The Labute approximate surface area is 150 Å². The molecule has 0 N–H and O–H groups in total. The minimum atomic E-state index is -4.66. The van der Waals surface area contributed by atoms with Gasteiger partial charge in [-0.25, -0.2) is 0 Å². The number of aryl methyl sites for hydroxylation is 1. The first kappa shape index (κ1) is 18.5. The Kier molecular flexibility index (Phi) is 5.36. The molecule has 2 heterocycles. The molecule has 0 amide bonds. The summed E-state index contributed by atoms with van der Waals surface area (Å²) in [5, 5.41) is 8.30. The molecule has 3 rings (SSSR count). The smallest absolute Gasteiger partial charge is 0.406 e. The van der Waals surface area contributed by atoms with Crippen molar-refractivity contribution in [1.29, 1.82) is 0 Å². The normalized spacial score (nSPS) is 16.1. The lowest BCUT2D eigenvalue weighted by atomic mass is 10.1. The Hall–Kier alpha value is -2.29. The van der Waals surface area contributed by atoms with Crippen LogP contribution in [0.4, 0.5) is 19.1 Å². The summed E-state index contributed by atoms with van der Waals surface area (Å²) in [6.45, 7) is 6.17. The molecule has 142 valence electrons. The molecule has 1 aromatic heterocycles. The monoisotopic (exact) mass is 369 g/mol. The number of ether oxygens (including phenoxy) is 1. The highest BCUT2D eigenvalue weighted by Gasteiger charge is 2.31. The number of aromatic nitrogens is 3. The number of hydrogen-bond donors (Lipinski definition) is 0. The molecule has 6 nitrogen and oxygen atoms in total. The molecule has 0 aliphatic carbocycles. The third-order valence-corrected chi connectivity index (χ3v) is 4.57. The fourth-order valence-electron chi connectivity index (χ4n) is 3.03. The minimum Gasteiger partial charge on any atom is -0.406 e. The van der Waals surface area contributed by atoms with Gasteiger partial charge in [0.2, 0.25) is 5.95 Å². The van der Waals surface area contributed by atoms with Gasteiger partial charge in [-0.05, 0) is 31.0 Å². The highest BCUT2D eigenvalue weighted by atomic mass is 19.4. The molecule has 0 saturated carbocycles. The van der Waals surface area contributed by atoms with Gasteiger partial charge in [-0.1, -0.05) is 12.1 Å². The largest absolute Gasteiger partial charge is 0.573 e. The zero-order chi connectivity index (χ0) is 18.7. The third kappa shape index (κ3) is 4.66. The van der Waals surface area contributed by atoms with E-state index in [9.17, 15) is 13.2 Å². The molecular weight excluding hydrogens is 347 g/mol. The first-order valence-electron chi connectivity index (χ1n) is 8.50. The predicted molar refractivity (Wildman–Crippen MR) is 91.2 cm³/mol. The number of piperazine rings is 1. The van der Waals surface area contributed by atoms with Crippen molar-refractivity contribution in [2.45, 2.75) is 19.7 Å². The summed E-state index contributed by atoms with van der Waals surface area (Å²) in [6, 6.07) is 6.18. The van der Waals surface area contributed by atoms with Crippen LogP contribution in [-0.4, -0.2) is 58.8 Å². The van der Waals surface area contributed by atoms with Gasteiger partial charge < -0.3 is 14.2 Å². The van der Waals surface area contributed by atoms with Crippen LogP contribution in [0, 0.1) is 6.92 Å². The summed E-state index contributed by atoms with van der Waals surface area (Å²) in [4.78, 5) is 4.51. The van der Waals surface area contributed by atoms with E-state index in [1.165, 1.54) is 12.1 Å². The van der Waals surface area contributed by atoms with Gasteiger partial charge in [0, 0.05) is 39.8 Å². The van der Waals surface area contributed by atoms with Crippen molar-refractivity contribution in [1.82, 2.24) is 19.7 Å². The van der Waals surface area contributed by atoms with E-state index < -0.39 is 6.36 Å². The molecule has 0 unspecified atom stereocenters. The number of alkyl halides is 3. The number of rotatable bonds is 5. The van der Waals surface area contributed by atoms with Gasteiger partial charge in [0.15, 0.2) is 0 Å². The highest BCUT2D eigenvalue weighted by molar-refractivity contribution is 5.32. The summed E-state index contributed by atoms with van der Waals surface area (Å²) in [6.07, 6.45) is -3.98. The van der Waals surface area contributed by atoms with Gasteiger partial charge in [-0.15, -0.1) is 23.4 Å². The van der Waals surface area contributed by atoms with Crippen molar-refractivity contribution in [3.63, 3.8) is 0 Å². The van der Waals surface area contributed by atoms with Gasteiger partial charge >= 0.3 is 6.36 Å². The average molecular weight is 369 g/mol. The zero-order valence-electron chi connectivity index (χ0n) is 14.8. The third-order valence-electron chi connectivity index (χ3n) is 4.57. The van der Waals surface area contributed by atoms with Crippen LogP contribution < -0.4 is 9.64 Å². The molecule has 0 bridgehead atoms. The molecule has 0 radical (unpaired) electrons. The second kappa shape index (κ2) is 7.53. The standard InChI is InChI=1S/C17H22F3N5O/c1-13-21-22-16(23(13)2)25-10-8-24(9-11-25)7-6-14-4-3-5-15(12-14)26-17(18,19)20/h3-5,12H,6-11H2,1-2H3. The molecule has 1 fully saturated rings. The molecule has 1 aliphatic heterocycles. The molecule has 9 heteroatoms. The lowest BCUT2D eigenvalue weighted by Crippen LogP contribution is -2.47. The molecule has 0 spiro atoms. The molecule has 0 atom stereocenters. The quantitative estimate of drug-likeness (QED) is 0.810. The second-order valence-electron chi connectivity index (χ2n) is 6.38. The SMILES string of the molecule is Cc1nnc(N2CCN(CCc3cccc(OC(F)(F)F)c3)CC2)n1C. The van der Waals surface area contributed by atoms with Crippen molar-refractivity contribution < 1.29 is 17.9 Å². The van der Waals surface area contributed by atoms with Crippen molar-refractivity contribution in [2.24, 2.45) is 7.05 Å². The zero-order valence-corrected chi connectivity index (χ0v) is 14.8. The topological polar surface area (TPSA) is 46.4 Å². The summed E-state index contributed by atoms with van der Waals surface area (Å²) >= 11 is 0. The van der Waals surface area contributed by atoms with Crippen LogP contribution >= 0.6 is 0 Å². The highest BCUT2D eigenvalue weighted by Crippen LogP contribution is 2.23. The van der Waals surface area contributed by atoms with Gasteiger partial charge in [-0.2, -0.15) is 0 Å². The fourth-order valence-corrected chi connectivity index (χ4v) is 3.03. The number of benzene rings is 1. The van der Waals surface area contributed by atoms with Crippen LogP contribution in [0.2, 0.25) is 0 Å². The van der Waals surface area contributed by atoms with Crippen LogP contribution in [0.5, 0.6) is 5.75 Å². The van der Waals surface area contributed by atoms with Gasteiger partial charge in [0.05, 0.1) is 0 Å². The van der Waals surface area contributed by atoms with Crippen LogP contribution in [-0.2, 0) is 13.5 Å². The van der Waals surface area contributed by atoms with Crippen LogP contribution in [0.3, 0.4) is 0 Å². The van der Waals surface area contributed by atoms with E-state index in [0.717, 1.165) is 50.1 Å². The number of anilines is 1. The van der Waals surface area contributed by atoms with Crippen LogP contribution in [0.15, 0.2) is 24.3 Å². The summed E-state index contributed by atoms with van der Waals surface area (Å²) in [5.41, 5.74) is 0.832. The number of nitrogens with zero attached hydrogens (tertiary/aromatic N) is 5. The minimum absolute atomic E-state index is 0.169. The van der Waals surface area contributed by atoms with E-state index >= 15 is 0 Å². The maximum Gasteiger partial charge on any atom is 0.573 e. The average Bonchev–Trinajstić information content (AvgIpc) is 2.92. The molecule has 1 saturated heterocycles. The Morgan fingerprint density at radius 3 is 2.46 bits per heavy atom.